The van der Waals surface area contributed by atoms with E-state index in [9.17, 15) is 4.79 Å². The van der Waals surface area contributed by atoms with Gasteiger partial charge in [-0.2, -0.15) is 0 Å². The van der Waals surface area contributed by atoms with Crippen LogP contribution in [0.15, 0.2) is 0 Å². The van der Waals surface area contributed by atoms with Crippen molar-refractivity contribution in [2.24, 2.45) is 5.73 Å². The Kier molecular flexibility index (Phi) is 4.36. The lowest BCUT2D eigenvalue weighted by molar-refractivity contribution is -0.133. The van der Waals surface area contributed by atoms with Crippen LogP contribution in [-0.2, 0) is 4.79 Å². The maximum absolute atomic E-state index is 12.2. The van der Waals surface area contributed by atoms with Gasteiger partial charge in [0.15, 0.2) is 0 Å². The molecule has 0 aromatic carbocycles. The van der Waals surface area contributed by atoms with Crippen LogP contribution in [0.3, 0.4) is 0 Å². The maximum Gasteiger partial charge on any atom is 0.236 e. The van der Waals surface area contributed by atoms with Gasteiger partial charge in [0.25, 0.3) is 0 Å². The number of hydrogen-bond donors (Lipinski definition) is 2. The number of likely N-dealkylation sites (N-methyl/N-ethyl adjacent to an activating group) is 1. The first-order valence-electron chi connectivity index (χ1n) is 6.70. The Morgan fingerprint density at radius 3 is 2.88 bits per heavy atom. The molecule has 1 saturated carbocycles. The minimum Gasteiger partial charge on any atom is -0.339 e. The average molecular weight is 240 g/mol. The number of carbonyl (C=O) groups excluding carboxylic acids is 1. The highest BCUT2D eigenvalue weighted by Gasteiger charge is 2.33. The summed E-state index contributed by atoms with van der Waals surface area (Å²) in [5, 5.41) is 3.32. The number of nitrogens with one attached hydrogen (secondary N) is 1. The minimum absolute atomic E-state index is 0.273. The summed E-state index contributed by atoms with van der Waals surface area (Å²) in [6.45, 7) is 6.84. The molecule has 0 radical (unpaired) electrons. The van der Waals surface area contributed by atoms with Crippen LogP contribution in [-0.4, -0.2) is 67.1 Å². The van der Waals surface area contributed by atoms with Crippen LogP contribution >= 0.6 is 0 Å². The van der Waals surface area contributed by atoms with Crippen molar-refractivity contribution < 1.29 is 4.79 Å². The molecule has 1 aliphatic carbocycles. The van der Waals surface area contributed by atoms with Gasteiger partial charge < -0.3 is 16.0 Å². The SMILES string of the molecule is CCN(C(=O)CN1CCNCC1CN)C1CC1. The summed E-state index contributed by atoms with van der Waals surface area (Å²) in [6, 6.07) is 0.831. The number of carbonyl (C=O) groups is 1. The minimum atomic E-state index is 0.273. The Hall–Kier alpha value is -0.650. The van der Waals surface area contributed by atoms with Crippen LogP contribution in [0.5, 0.6) is 0 Å². The zero-order chi connectivity index (χ0) is 12.3. The van der Waals surface area contributed by atoms with Crippen molar-refractivity contribution in [3.8, 4) is 0 Å². The van der Waals surface area contributed by atoms with Crippen LogP contribution < -0.4 is 11.1 Å². The van der Waals surface area contributed by atoms with Gasteiger partial charge in [0.05, 0.1) is 6.54 Å². The van der Waals surface area contributed by atoms with Gasteiger partial charge in [0.1, 0.15) is 0 Å². The third-order valence-corrected chi connectivity index (χ3v) is 3.73. The summed E-state index contributed by atoms with van der Waals surface area (Å²) in [5.41, 5.74) is 5.74. The lowest BCUT2D eigenvalue weighted by atomic mass is 10.2. The Labute approximate surface area is 103 Å². The molecule has 1 aliphatic heterocycles. The normalized spacial score (nSPS) is 25.9. The fourth-order valence-corrected chi connectivity index (χ4v) is 2.53. The van der Waals surface area contributed by atoms with Crippen molar-refractivity contribution in [3.05, 3.63) is 0 Å². The lowest BCUT2D eigenvalue weighted by Gasteiger charge is -2.36. The molecule has 1 unspecified atom stereocenters. The van der Waals surface area contributed by atoms with E-state index in [1.54, 1.807) is 0 Å². The van der Waals surface area contributed by atoms with Gasteiger partial charge in [0, 0.05) is 44.8 Å². The second-order valence-electron chi connectivity index (χ2n) is 4.98. The quantitative estimate of drug-likeness (QED) is 0.662. The van der Waals surface area contributed by atoms with E-state index < -0.39 is 0 Å². The highest BCUT2D eigenvalue weighted by atomic mass is 16.2. The monoisotopic (exact) mass is 240 g/mol. The van der Waals surface area contributed by atoms with E-state index in [1.165, 1.54) is 12.8 Å². The molecule has 17 heavy (non-hydrogen) atoms. The summed E-state index contributed by atoms with van der Waals surface area (Å²) < 4.78 is 0. The molecule has 1 saturated heterocycles. The summed E-state index contributed by atoms with van der Waals surface area (Å²) in [5.74, 6) is 0.273. The molecule has 3 N–H and O–H groups in total. The lowest BCUT2D eigenvalue weighted by Crippen LogP contribution is -2.57. The second-order valence-corrected chi connectivity index (χ2v) is 4.98. The van der Waals surface area contributed by atoms with Crippen molar-refractivity contribution in [3.63, 3.8) is 0 Å². The molecule has 0 bridgehead atoms. The molecule has 0 spiro atoms. The number of nitrogens with zero attached hydrogens (tertiary/aromatic N) is 2. The van der Waals surface area contributed by atoms with E-state index in [-0.39, 0.29) is 5.91 Å². The standard InChI is InChI=1S/C12H24N4O/c1-2-16(10-3-4-10)12(17)9-15-6-5-14-8-11(15)7-13/h10-11,14H,2-9,13H2,1H3. The van der Waals surface area contributed by atoms with Crippen molar-refractivity contribution in [1.29, 1.82) is 0 Å². The molecule has 98 valence electrons. The fourth-order valence-electron chi connectivity index (χ4n) is 2.53. The van der Waals surface area contributed by atoms with Gasteiger partial charge in [-0.15, -0.1) is 0 Å². The van der Waals surface area contributed by atoms with E-state index in [1.807, 2.05) is 4.90 Å². The molecular formula is C12H24N4O. The number of hydrogen-bond acceptors (Lipinski definition) is 4. The summed E-state index contributed by atoms with van der Waals surface area (Å²) in [6.07, 6.45) is 2.36. The Morgan fingerprint density at radius 1 is 1.53 bits per heavy atom. The summed E-state index contributed by atoms with van der Waals surface area (Å²) in [4.78, 5) is 16.5. The van der Waals surface area contributed by atoms with Crippen molar-refractivity contribution in [2.75, 3.05) is 39.3 Å². The van der Waals surface area contributed by atoms with E-state index in [0.717, 1.165) is 26.2 Å². The predicted molar refractivity (Wildman–Crippen MR) is 67.7 cm³/mol. The van der Waals surface area contributed by atoms with Crippen LogP contribution in [0.25, 0.3) is 0 Å². The molecule has 2 rings (SSSR count). The Bertz CT molecular complexity index is 267. The van der Waals surface area contributed by atoms with Gasteiger partial charge >= 0.3 is 0 Å². The van der Waals surface area contributed by atoms with Crippen LogP contribution in [0.1, 0.15) is 19.8 Å². The van der Waals surface area contributed by atoms with Gasteiger partial charge in [-0.3, -0.25) is 9.69 Å². The second kappa shape index (κ2) is 5.80. The first-order valence-corrected chi connectivity index (χ1v) is 6.70. The first kappa shape index (κ1) is 12.8. The topological polar surface area (TPSA) is 61.6 Å². The molecule has 0 aromatic rings. The summed E-state index contributed by atoms with van der Waals surface area (Å²) in [7, 11) is 0. The van der Waals surface area contributed by atoms with E-state index in [2.05, 4.69) is 17.1 Å². The Balaban J connectivity index is 1.87. The van der Waals surface area contributed by atoms with Crippen molar-refractivity contribution >= 4 is 5.91 Å². The van der Waals surface area contributed by atoms with E-state index in [0.29, 0.717) is 25.2 Å². The first-order chi connectivity index (χ1) is 8.26. The Morgan fingerprint density at radius 2 is 2.29 bits per heavy atom. The van der Waals surface area contributed by atoms with Crippen LogP contribution in [0.2, 0.25) is 0 Å². The van der Waals surface area contributed by atoms with Gasteiger partial charge in [-0.25, -0.2) is 0 Å². The highest BCUT2D eigenvalue weighted by molar-refractivity contribution is 5.79. The third kappa shape index (κ3) is 3.18. The number of rotatable bonds is 5. The molecule has 2 fully saturated rings. The molecule has 5 heteroatoms. The number of nitrogens with two attached hydrogens (primary N) is 1. The molecule has 0 aromatic heterocycles. The third-order valence-electron chi connectivity index (χ3n) is 3.73. The molecule has 2 aliphatic rings. The van der Waals surface area contributed by atoms with E-state index >= 15 is 0 Å². The van der Waals surface area contributed by atoms with Gasteiger partial charge in [-0.05, 0) is 19.8 Å². The maximum atomic E-state index is 12.2. The van der Waals surface area contributed by atoms with Crippen LogP contribution in [0, 0.1) is 0 Å². The van der Waals surface area contributed by atoms with Gasteiger partial charge in [-0.1, -0.05) is 0 Å². The van der Waals surface area contributed by atoms with Crippen molar-refractivity contribution in [1.82, 2.24) is 15.1 Å². The average Bonchev–Trinajstić information content (AvgIpc) is 3.15. The molecule has 1 heterocycles. The molecule has 1 amide bonds. The highest BCUT2D eigenvalue weighted by Crippen LogP contribution is 2.26. The summed E-state index contributed by atoms with van der Waals surface area (Å²) >= 11 is 0. The fraction of sp³-hybridized carbons (Fsp3) is 0.917. The van der Waals surface area contributed by atoms with Crippen LogP contribution in [0.4, 0.5) is 0 Å². The zero-order valence-electron chi connectivity index (χ0n) is 10.7. The number of amides is 1. The van der Waals surface area contributed by atoms with Crippen molar-refractivity contribution in [2.45, 2.75) is 31.8 Å². The van der Waals surface area contributed by atoms with E-state index in [4.69, 9.17) is 5.73 Å². The molecule has 1 atom stereocenters. The number of piperazine rings is 1. The molecular weight excluding hydrogens is 216 g/mol. The zero-order valence-corrected chi connectivity index (χ0v) is 10.7. The molecule has 5 nitrogen and oxygen atoms in total. The van der Waals surface area contributed by atoms with Gasteiger partial charge in [0.2, 0.25) is 5.91 Å². The predicted octanol–water partition coefficient (Wildman–Crippen LogP) is -0.770. The smallest absolute Gasteiger partial charge is 0.236 e. The largest absolute Gasteiger partial charge is 0.339 e.